The van der Waals surface area contributed by atoms with E-state index in [4.69, 9.17) is 0 Å². The van der Waals surface area contributed by atoms with Crippen LogP contribution in [0.15, 0.2) is 6.20 Å². The third kappa shape index (κ3) is 3.75. The quantitative estimate of drug-likeness (QED) is 0.694. The molecule has 0 spiro atoms. The molecule has 0 saturated carbocycles. The van der Waals surface area contributed by atoms with E-state index in [1.54, 1.807) is 6.20 Å². The first-order valence-corrected chi connectivity index (χ1v) is 8.31. The molecule has 7 heteroatoms. The van der Waals surface area contributed by atoms with Crippen molar-refractivity contribution in [3.8, 4) is 0 Å². The summed E-state index contributed by atoms with van der Waals surface area (Å²) >= 11 is 1.86. The van der Waals surface area contributed by atoms with Gasteiger partial charge in [0.2, 0.25) is 5.95 Å². The van der Waals surface area contributed by atoms with Gasteiger partial charge in [-0.1, -0.05) is 13.8 Å². The molecule has 0 radical (unpaired) electrons. The van der Waals surface area contributed by atoms with Crippen molar-refractivity contribution in [2.45, 2.75) is 20.3 Å². The average Bonchev–Trinajstić information content (AvgIpc) is 2.91. The van der Waals surface area contributed by atoms with Crippen LogP contribution in [0.4, 0.5) is 11.8 Å². The second-order valence-electron chi connectivity index (χ2n) is 4.90. The van der Waals surface area contributed by atoms with Gasteiger partial charge in [0.15, 0.2) is 5.65 Å². The van der Waals surface area contributed by atoms with Gasteiger partial charge in [-0.3, -0.25) is 5.10 Å². The van der Waals surface area contributed by atoms with Crippen LogP contribution in [0.5, 0.6) is 0 Å². The molecule has 2 aromatic heterocycles. The van der Waals surface area contributed by atoms with Crippen molar-refractivity contribution in [2.75, 3.05) is 35.7 Å². The third-order valence-corrected chi connectivity index (χ3v) is 3.81. The lowest BCUT2D eigenvalue weighted by Crippen LogP contribution is -2.15. The van der Waals surface area contributed by atoms with E-state index in [-0.39, 0.29) is 0 Å². The van der Waals surface area contributed by atoms with Gasteiger partial charge in [-0.05, 0) is 24.3 Å². The normalized spacial score (nSPS) is 12.6. The topological polar surface area (TPSA) is 78.5 Å². The van der Waals surface area contributed by atoms with Gasteiger partial charge in [0.1, 0.15) is 5.82 Å². The Morgan fingerprint density at radius 3 is 2.95 bits per heavy atom. The molecule has 3 N–H and O–H groups in total. The highest BCUT2D eigenvalue weighted by Gasteiger charge is 2.10. The van der Waals surface area contributed by atoms with Crippen LogP contribution in [-0.4, -0.2) is 45.3 Å². The number of aromatic nitrogens is 4. The molecule has 2 aromatic rings. The molecule has 1 atom stereocenters. The van der Waals surface area contributed by atoms with E-state index in [2.05, 4.69) is 50.9 Å². The maximum atomic E-state index is 4.54. The number of fused-ring (bicyclic) bond motifs is 1. The minimum absolute atomic E-state index is 0.592. The Kier molecular flexibility index (Phi) is 5.46. The molecule has 0 aromatic carbocycles. The Labute approximate surface area is 123 Å². The lowest BCUT2D eigenvalue weighted by atomic mass is 10.2. The number of nitrogens with zero attached hydrogens (tertiary/aromatic N) is 3. The second-order valence-corrected chi connectivity index (χ2v) is 5.81. The lowest BCUT2D eigenvalue weighted by molar-refractivity contribution is 0.700. The van der Waals surface area contributed by atoms with Crippen LogP contribution in [0.25, 0.3) is 11.0 Å². The summed E-state index contributed by atoms with van der Waals surface area (Å²) in [6, 6.07) is 0. The Bertz CT molecular complexity index is 541. The highest BCUT2D eigenvalue weighted by atomic mass is 32.2. The molecule has 0 amide bonds. The molecule has 0 bridgehead atoms. The fraction of sp³-hybridized carbons (Fsp3) is 0.615. The number of H-pyrrole nitrogens is 1. The van der Waals surface area contributed by atoms with Gasteiger partial charge in [0, 0.05) is 13.1 Å². The first-order chi connectivity index (χ1) is 9.74. The SMILES string of the molecule is CCCNc1nc(NCC(C)CSC)c2cn[nH]c2n1. The molecular weight excluding hydrogens is 272 g/mol. The average molecular weight is 294 g/mol. The zero-order valence-electron chi connectivity index (χ0n) is 12.2. The first kappa shape index (κ1) is 14.9. The molecule has 20 heavy (non-hydrogen) atoms. The molecule has 0 saturated heterocycles. The number of rotatable bonds is 8. The van der Waals surface area contributed by atoms with E-state index in [9.17, 15) is 0 Å². The summed E-state index contributed by atoms with van der Waals surface area (Å²) in [4.78, 5) is 8.96. The van der Waals surface area contributed by atoms with Gasteiger partial charge >= 0.3 is 0 Å². The van der Waals surface area contributed by atoms with E-state index in [0.29, 0.717) is 11.9 Å². The Balaban J connectivity index is 2.14. The van der Waals surface area contributed by atoms with Gasteiger partial charge in [0.05, 0.1) is 11.6 Å². The van der Waals surface area contributed by atoms with Gasteiger partial charge in [-0.25, -0.2) is 0 Å². The minimum Gasteiger partial charge on any atom is -0.369 e. The first-order valence-electron chi connectivity index (χ1n) is 6.92. The molecule has 0 aliphatic rings. The predicted octanol–water partition coefficient (Wildman–Crippen LogP) is 2.59. The van der Waals surface area contributed by atoms with E-state index in [1.165, 1.54) is 0 Å². The summed E-state index contributed by atoms with van der Waals surface area (Å²) in [7, 11) is 0. The van der Waals surface area contributed by atoms with Crippen molar-refractivity contribution in [3.05, 3.63) is 6.20 Å². The molecule has 2 heterocycles. The number of hydrogen-bond donors (Lipinski definition) is 3. The van der Waals surface area contributed by atoms with Gasteiger partial charge in [-0.15, -0.1) is 0 Å². The zero-order valence-corrected chi connectivity index (χ0v) is 13.0. The summed E-state index contributed by atoms with van der Waals surface area (Å²) < 4.78 is 0. The number of hydrogen-bond acceptors (Lipinski definition) is 6. The fourth-order valence-electron chi connectivity index (χ4n) is 1.90. The molecule has 2 rings (SSSR count). The zero-order chi connectivity index (χ0) is 14.4. The van der Waals surface area contributed by atoms with Crippen LogP contribution in [-0.2, 0) is 0 Å². The molecule has 1 unspecified atom stereocenters. The fourth-order valence-corrected chi connectivity index (χ4v) is 2.59. The number of anilines is 2. The van der Waals surface area contributed by atoms with Crippen LogP contribution in [0, 0.1) is 5.92 Å². The van der Waals surface area contributed by atoms with Crippen molar-refractivity contribution in [1.82, 2.24) is 20.2 Å². The lowest BCUT2D eigenvalue weighted by Gasteiger charge is -2.13. The van der Waals surface area contributed by atoms with Crippen LogP contribution < -0.4 is 10.6 Å². The van der Waals surface area contributed by atoms with Crippen molar-refractivity contribution in [2.24, 2.45) is 5.92 Å². The van der Waals surface area contributed by atoms with E-state index < -0.39 is 0 Å². The molecular formula is C13H22N6S. The van der Waals surface area contributed by atoms with Crippen molar-refractivity contribution >= 4 is 34.6 Å². The number of thioether (sulfide) groups is 1. The van der Waals surface area contributed by atoms with Crippen molar-refractivity contribution in [3.63, 3.8) is 0 Å². The smallest absolute Gasteiger partial charge is 0.226 e. The van der Waals surface area contributed by atoms with Crippen LogP contribution >= 0.6 is 11.8 Å². The maximum Gasteiger partial charge on any atom is 0.226 e. The van der Waals surface area contributed by atoms with E-state index >= 15 is 0 Å². The Hall–Kier alpha value is -1.50. The van der Waals surface area contributed by atoms with Crippen LogP contribution in [0.2, 0.25) is 0 Å². The summed E-state index contributed by atoms with van der Waals surface area (Å²) in [5, 5.41) is 14.5. The van der Waals surface area contributed by atoms with E-state index in [0.717, 1.165) is 42.1 Å². The highest BCUT2D eigenvalue weighted by Crippen LogP contribution is 2.20. The summed E-state index contributed by atoms with van der Waals surface area (Å²) in [5.41, 5.74) is 0.763. The molecule has 0 aliphatic heterocycles. The third-order valence-electron chi connectivity index (χ3n) is 2.91. The van der Waals surface area contributed by atoms with E-state index in [1.807, 2.05) is 11.8 Å². The summed E-state index contributed by atoms with van der Waals surface area (Å²) in [5.74, 6) is 3.21. The maximum absolute atomic E-state index is 4.54. The molecule has 0 aliphatic carbocycles. The summed E-state index contributed by atoms with van der Waals surface area (Å²) in [6.07, 6.45) is 4.93. The minimum atomic E-state index is 0.592. The highest BCUT2D eigenvalue weighted by molar-refractivity contribution is 7.98. The van der Waals surface area contributed by atoms with Gasteiger partial charge < -0.3 is 10.6 Å². The number of nitrogens with one attached hydrogen (secondary N) is 3. The largest absolute Gasteiger partial charge is 0.369 e. The van der Waals surface area contributed by atoms with Crippen molar-refractivity contribution in [1.29, 1.82) is 0 Å². The second kappa shape index (κ2) is 7.33. The predicted molar refractivity (Wildman–Crippen MR) is 86.5 cm³/mol. The Morgan fingerprint density at radius 2 is 2.20 bits per heavy atom. The molecule has 110 valence electrons. The van der Waals surface area contributed by atoms with Crippen LogP contribution in [0.1, 0.15) is 20.3 Å². The molecule has 0 fully saturated rings. The monoisotopic (exact) mass is 294 g/mol. The Morgan fingerprint density at radius 1 is 1.35 bits per heavy atom. The standard InChI is InChI=1S/C13H22N6S/c1-4-5-14-13-17-11(15-6-9(2)8-20-3)10-7-16-19-12(10)18-13/h7,9H,4-6,8H2,1-3H3,(H3,14,15,16,17,18,19). The molecule has 6 nitrogen and oxygen atoms in total. The number of aromatic amines is 1. The van der Waals surface area contributed by atoms with Crippen LogP contribution in [0.3, 0.4) is 0 Å². The van der Waals surface area contributed by atoms with Gasteiger partial charge in [-0.2, -0.15) is 26.8 Å². The van der Waals surface area contributed by atoms with Gasteiger partial charge in [0.25, 0.3) is 0 Å². The summed E-state index contributed by atoms with van der Waals surface area (Å²) in [6.45, 7) is 6.10. The van der Waals surface area contributed by atoms with Crippen molar-refractivity contribution < 1.29 is 0 Å².